The Morgan fingerprint density at radius 1 is 1.44 bits per heavy atom. The summed E-state index contributed by atoms with van der Waals surface area (Å²) < 4.78 is 61.5. The van der Waals surface area contributed by atoms with E-state index in [0.717, 1.165) is 0 Å². The van der Waals surface area contributed by atoms with Gasteiger partial charge in [0.2, 0.25) is 0 Å². The van der Waals surface area contributed by atoms with Gasteiger partial charge in [0, 0.05) is 12.7 Å². The smallest absolute Gasteiger partial charge is 0.338 e. The molecule has 0 amide bonds. The van der Waals surface area contributed by atoms with Crippen molar-refractivity contribution in [2.24, 2.45) is 0 Å². The van der Waals surface area contributed by atoms with E-state index in [9.17, 15) is 21.6 Å². The van der Waals surface area contributed by atoms with Gasteiger partial charge in [0.05, 0.1) is 0 Å². The van der Waals surface area contributed by atoms with E-state index in [-0.39, 0.29) is 5.03 Å². The molecular formula is C8H11F3N2O2S. The van der Waals surface area contributed by atoms with E-state index in [1.807, 2.05) is 0 Å². The van der Waals surface area contributed by atoms with Crippen molar-refractivity contribution in [1.82, 2.24) is 9.29 Å². The van der Waals surface area contributed by atoms with Gasteiger partial charge in [-0.2, -0.15) is 13.2 Å². The standard InChI is InChI=1S/C8H11F3N2O2S/c1-2-13-5-3-4-7(13)16(14,15)12-6-8(9,10)11/h3-5,12H,2,6H2,1H3. The van der Waals surface area contributed by atoms with E-state index < -0.39 is 22.7 Å². The molecule has 1 rings (SSSR count). The van der Waals surface area contributed by atoms with Gasteiger partial charge < -0.3 is 4.57 Å². The van der Waals surface area contributed by atoms with Gasteiger partial charge in [-0.25, -0.2) is 13.1 Å². The number of rotatable bonds is 4. The second kappa shape index (κ2) is 4.46. The Kier molecular flexibility index (Phi) is 3.64. The Morgan fingerprint density at radius 2 is 2.06 bits per heavy atom. The maximum Gasteiger partial charge on any atom is 0.402 e. The Labute approximate surface area is 91.1 Å². The van der Waals surface area contributed by atoms with Crippen LogP contribution in [0.4, 0.5) is 13.2 Å². The predicted molar refractivity (Wildman–Crippen MR) is 51.3 cm³/mol. The van der Waals surface area contributed by atoms with Gasteiger partial charge >= 0.3 is 6.18 Å². The molecule has 0 aliphatic rings. The third kappa shape index (κ3) is 3.24. The van der Waals surface area contributed by atoms with E-state index in [1.165, 1.54) is 27.6 Å². The van der Waals surface area contributed by atoms with Crippen LogP contribution in [0.2, 0.25) is 0 Å². The lowest BCUT2D eigenvalue weighted by Gasteiger charge is -2.10. The second-order valence-corrected chi connectivity index (χ2v) is 4.79. The Bertz CT molecular complexity index is 450. The van der Waals surface area contributed by atoms with Crippen LogP contribution in [0.1, 0.15) is 6.92 Å². The number of sulfonamides is 1. The number of hydrogen-bond acceptors (Lipinski definition) is 2. The summed E-state index contributed by atoms with van der Waals surface area (Å²) in [6, 6.07) is 2.72. The molecule has 0 radical (unpaired) electrons. The number of aromatic nitrogens is 1. The van der Waals surface area contributed by atoms with Crippen molar-refractivity contribution in [1.29, 1.82) is 0 Å². The van der Waals surface area contributed by atoms with E-state index in [1.54, 1.807) is 6.92 Å². The minimum Gasteiger partial charge on any atom is -0.338 e. The molecule has 4 nitrogen and oxygen atoms in total. The maximum absolute atomic E-state index is 11.9. The highest BCUT2D eigenvalue weighted by molar-refractivity contribution is 7.89. The average Bonchev–Trinajstić information content (AvgIpc) is 2.62. The zero-order valence-corrected chi connectivity index (χ0v) is 9.27. The van der Waals surface area contributed by atoms with Gasteiger partial charge in [-0.15, -0.1) is 0 Å². The van der Waals surface area contributed by atoms with Crippen LogP contribution < -0.4 is 4.72 Å². The minimum atomic E-state index is -4.56. The Hall–Kier alpha value is -1.02. The van der Waals surface area contributed by atoms with Crippen LogP contribution in [0.3, 0.4) is 0 Å². The number of nitrogens with zero attached hydrogens (tertiary/aromatic N) is 1. The van der Waals surface area contributed by atoms with Gasteiger partial charge in [0.15, 0.2) is 0 Å². The maximum atomic E-state index is 11.9. The number of halogens is 3. The number of alkyl halides is 3. The summed E-state index contributed by atoms with van der Waals surface area (Å²) >= 11 is 0. The summed E-state index contributed by atoms with van der Waals surface area (Å²) in [5.41, 5.74) is 0. The highest BCUT2D eigenvalue weighted by Crippen LogP contribution is 2.15. The van der Waals surface area contributed by atoms with Gasteiger partial charge in [0.25, 0.3) is 10.0 Å². The molecule has 0 spiro atoms. The highest BCUT2D eigenvalue weighted by Gasteiger charge is 2.30. The quantitative estimate of drug-likeness (QED) is 0.884. The summed E-state index contributed by atoms with van der Waals surface area (Å²) in [6.07, 6.45) is -3.07. The lowest BCUT2D eigenvalue weighted by Crippen LogP contribution is -2.34. The van der Waals surface area contributed by atoms with E-state index in [4.69, 9.17) is 0 Å². The SMILES string of the molecule is CCn1cccc1S(=O)(=O)NCC(F)(F)F. The molecule has 0 aliphatic carbocycles. The summed E-state index contributed by atoms with van der Waals surface area (Å²) in [4.78, 5) is 0. The second-order valence-electron chi connectivity index (χ2n) is 3.07. The summed E-state index contributed by atoms with van der Waals surface area (Å²) in [6.45, 7) is 0.502. The Balaban J connectivity index is 2.87. The fourth-order valence-corrected chi connectivity index (χ4v) is 2.41. The largest absolute Gasteiger partial charge is 0.402 e. The van der Waals surface area contributed by atoms with Crippen LogP contribution in [0.5, 0.6) is 0 Å². The van der Waals surface area contributed by atoms with Crippen molar-refractivity contribution >= 4 is 10.0 Å². The normalized spacial score (nSPS) is 13.0. The van der Waals surface area contributed by atoms with Crippen LogP contribution in [0, 0.1) is 0 Å². The lowest BCUT2D eigenvalue weighted by molar-refractivity contribution is -0.121. The highest BCUT2D eigenvalue weighted by atomic mass is 32.2. The van der Waals surface area contributed by atoms with Crippen molar-refractivity contribution in [3.05, 3.63) is 18.3 Å². The molecule has 0 aromatic carbocycles. The molecule has 1 N–H and O–H groups in total. The van der Waals surface area contributed by atoms with Crippen LogP contribution in [0.15, 0.2) is 23.4 Å². The van der Waals surface area contributed by atoms with Crippen molar-refractivity contribution < 1.29 is 21.6 Å². The first-order valence-electron chi connectivity index (χ1n) is 4.48. The fraction of sp³-hybridized carbons (Fsp3) is 0.500. The first kappa shape index (κ1) is 13.0. The summed E-state index contributed by atoms with van der Waals surface area (Å²) in [7, 11) is -4.10. The van der Waals surface area contributed by atoms with Gasteiger partial charge in [-0.1, -0.05) is 0 Å². The molecule has 8 heteroatoms. The molecule has 16 heavy (non-hydrogen) atoms. The molecule has 0 bridgehead atoms. The zero-order valence-electron chi connectivity index (χ0n) is 8.45. The topological polar surface area (TPSA) is 51.1 Å². The van der Waals surface area contributed by atoms with Gasteiger partial charge in [-0.05, 0) is 19.1 Å². The number of aryl methyl sites for hydroxylation is 1. The summed E-state index contributed by atoms with van der Waals surface area (Å²) in [5.74, 6) is 0. The summed E-state index contributed by atoms with van der Waals surface area (Å²) in [5, 5.41) is -0.167. The molecule has 1 aromatic rings. The zero-order chi connectivity index (χ0) is 12.4. The monoisotopic (exact) mass is 256 g/mol. The van der Waals surface area contributed by atoms with Crippen LogP contribution in [-0.4, -0.2) is 25.7 Å². The van der Waals surface area contributed by atoms with Crippen LogP contribution in [0.25, 0.3) is 0 Å². The molecule has 0 atom stereocenters. The molecule has 0 aliphatic heterocycles. The lowest BCUT2D eigenvalue weighted by atomic mass is 10.7. The van der Waals surface area contributed by atoms with Gasteiger partial charge in [-0.3, -0.25) is 0 Å². The molecule has 1 aromatic heterocycles. The molecule has 0 unspecified atom stereocenters. The Morgan fingerprint density at radius 3 is 2.56 bits per heavy atom. The number of nitrogens with one attached hydrogen (secondary N) is 1. The first-order chi connectivity index (χ1) is 7.26. The van der Waals surface area contributed by atoms with Crippen molar-refractivity contribution in [3.63, 3.8) is 0 Å². The number of hydrogen-bond donors (Lipinski definition) is 1. The molecule has 0 saturated carbocycles. The third-order valence-corrected chi connectivity index (χ3v) is 3.31. The molecule has 1 heterocycles. The van der Waals surface area contributed by atoms with Crippen LogP contribution >= 0.6 is 0 Å². The third-order valence-electron chi connectivity index (χ3n) is 1.87. The molecule has 0 saturated heterocycles. The van der Waals surface area contributed by atoms with Crippen LogP contribution in [-0.2, 0) is 16.6 Å². The minimum absolute atomic E-state index is 0.167. The van der Waals surface area contributed by atoms with E-state index >= 15 is 0 Å². The average molecular weight is 256 g/mol. The van der Waals surface area contributed by atoms with Crippen molar-refractivity contribution in [2.75, 3.05) is 6.54 Å². The van der Waals surface area contributed by atoms with E-state index in [0.29, 0.717) is 6.54 Å². The van der Waals surface area contributed by atoms with E-state index in [2.05, 4.69) is 0 Å². The van der Waals surface area contributed by atoms with Crippen molar-refractivity contribution in [3.8, 4) is 0 Å². The molecule has 92 valence electrons. The molecule has 0 fully saturated rings. The van der Waals surface area contributed by atoms with Crippen molar-refractivity contribution in [2.45, 2.75) is 24.7 Å². The first-order valence-corrected chi connectivity index (χ1v) is 5.96. The fourth-order valence-electron chi connectivity index (χ4n) is 1.15. The van der Waals surface area contributed by atoms with Gasteiger partial charge in [0.1, 0.15) is 11.6 Å². The predicted octanol–water partition coefficient (Wildman–Crippen LogP) is 1.35. The molecular weight excluding hydrogens is 245 g/mol.